The van der Waals surface area contributed by atoms with E-state index in [2.05, 4.69) is 62.5 Å². The highest BCUT2D eigenvalue weighted by Crippen LogP contribution is 2.00. The van der Waals surface area contributed by atoms with Gasteiger partial charge in [-0.05, 0) is 39.2 Å². The molecule has 25 heavy (non-hydrogen) atoms. The number of unbranched alkanes of at least 4 members (excludes halogenated alkanes) is 2. The van der Waals surface area contributed by atoms with Gasteiger partial charge in [-0.2, -0.15) is 0 Å². The summed E-state index contributed by atoms with van der Waals surface area (Å²) in [5, 5.41) is 9.49. The molecule has 0 aromatic rings. The van der Waals surface area contributed by atoms with Gasteiger partial charge in [-0.25, -0.2) is 0 Å². The van der Waals surface area contributed by atoms with E-state index in [4.69, 9.17) is 0 Å². The minimum Gasteiger partial charge on any atom is -1.00 e. The molecule has 0 heterocycles. The van der Waals surface area contributed by atoms with E-state index in [1.807, 2.05) is 0 Å². The lowest BCUT2D eigenvalue weighted by molar-refractivity contribution is -0.888. The van der Waals surface area contributed by atoms with Crippen LogP contribution in [-0.4, -0.2) is 69.3 Å². The zero-order valence-electron chi connectivity index (χ0n) is 18.5. The van der Waals surface area contributed by atoms with Crippen LogP contribution >= 0.6 is 0 Å². The third kappa shape index (κ3) is 28.7. The van der Waals surface area contributed by atoms with E-state index in [9.17, 15) is 9.90 Å². The number of hydrogen-bond acceptors (Lipinski definition) is 2. The van der Waals surface area contributed by atoms with Crippen molar-refractivity contribution in [1.82, 2.24) is 0 Å². The van der Waals surface area contributed by atoms with Gasteiger partial charge in [-0.3, -0.25) is 0 Å². The summed E-state index contributed by atoms with van der Waals surface area (Å²) in [5.74, 6) is -1.19. The summed E-state index contributed by atoms with van der Waals surface area (Å²) in [6.07, 6.45) is 5.37. The third-order valence-corrected chi connectivity index (χ3v) is 4.29. The molecule has 0 spiro atoms. The lowest BCUT2D eigenvalue weighted by Gasteiger charge is -2.27. The molecule has 154 valence electrons. The Bertz CT molecular complexity index is 298. The molecule has 4 nitrogen and oxygen atoms in total. The largest absolute Gasteiger partial charge is 1.00 e. The maximum absolute atomic E-state index is 9.49. The molecule has 0 saturated carbocycles. The number of rotatable bonds is 9. The van der Waals surface area contributed by atoms with Crippen molar-refractivity contribution in [2.24, 2.45) is 0 Å². The second kappa shape index (κ2) is 18.4. The molecule has 5 heteroatoms. The molecule has 0 saturated heterocycles. The molecule has 0 aromatic heterocycles. The Balaban J connectivity index is -0.000000133. The van der Waals surface area contributed by atoms with Crippen molar-refractivity contribution in [3.8, 4) is 0 Å². The molecule has 0 bridgehead atoms. The molecule has 0 unspecified atom stereocenters. The standard InChI is InChI=1S/2C8H20N.C4H6O2.BrH/c2*1-5-7-8-9(3,4)6-2;1-3(2)4(5)6;/h2*5-8H2,1-4H3;1H2,2H3,(H,5,6);1H/q2*+1;;/p-2. The number of carbonyl (C=O) groups is 1. The van der Waals surface area contributed by atoms with Crippen molar-refractivity contribution in [2.75, 3.05) is 54.4 Å². The van der Waals surface area contributed by atoms with Crippen LogP contribution in [0.1, 0.15) is 60.3 Å². The fourth-order valence-corrected chi connectivity index (χ4v) is 1.49. The zero-order chi connectivity index (χ0) is 19.8. The molecule has 0 aromatic carbocycles. The average Bonchev–Trinajstić information content (AvgIpc) is 2.52. The molecule has 0 aliphatic carbocycles. The molecule has 0 amide bonds. The van der Waals surface area contributed by atoms with Gasteiger partial charge in [0, 0.05) is 0 Å². The number of quaternary nitrogens is 2. The maximum atomic E-state index is 9.49. The van der Waals surface area contributed by atoms with Crippen LogP contribution in [0.2, 0.25) is 0 Å². The van der Waals surface area contributed by atoms with E-state index >= 15 is 0 Å². The lowest BCUT2D eigenvalue weighted by atomic mass is 10.3. The molecular weight excluding hydrogens is 380 g/mol. The Hall–Kier alpha value is -0.390. The topological polar surface area (TPSA) is 40.1 Å². The average molecular weight is 425 g/mol. The van der Waals surface area contributed by atoms with Gasteiger partial charge in [0.05, 0.1) is 60.3 Å². The predicted molar refractivity (Wildman–Crippen MR) is 105 cm³/mol. The Morgan fingerprint density at radius 1 is 0.840 bits per heavy atom. The summed E-state index contributed by atoms with van der Waals surface area (Å²) < 4.78 is 2.35. The fourth-order valence-electron chi connectivity index (χ4n) is 1.49. The first kappa shape index (κ1) is 32.3. The van der Waals surface area contributed by atoms with Gasteiger partial charge >= 0.3 is 0 Å². The van der Waals surface area contributed by atoms with Crippen molar-refractivity contribution >= 4 is 5.97 Å². The van der Waals surface area contributed by atoms with Crippen LogP contribution in [0.3, 0.4) is 0 Å². The Kier molecular flexibility index (Phi) is 23.8. The van der Waals surface area contributed by atoms with Gasteiger partial charge in [0.15, 0.2) is 0 Å². The number of halogens is 1. The Labute approximate surface area is 168 Å². The quantitative estimate of drug-likeness (QED) is 0.388. The van der Waals surface area contributed by atoms with E-state index in [1.165, 1.54) is 67.8 Å². The normalized spacial score (nSPS) is 10.4. The van der Waals surface area contributed by atoms with Crippen molar-refractivity contribution in [2.45, 2.75) is 60.3 Å². The van der Waals surface area contributed by atoms with Crippen molar-refractivity contribution < 1.29 is 35.8 Å². The molecule has 0 aliphatic heterocycles. The summed E-state index contributed by atoms with van der Waals surface area (Å²) >= 11 is 0. The van der Waals surface area contributed by atoms with Crippen molar-refractivity contribution in [3.63, 3.8) is 0 Å². The first-order chi connectivity index (χ1) is 10.9. The monoisotopic (exact) mass is 424 g/mol. The summed E-state index contributed by atoms with van der Waals surface area (Å²) in [5.41, 5.74) is 0.0648. The van der Waals surface area contributed by atoms with E-state index in [0.29, 0.717) is 0 Å². The van der Waals surface area contributed by atoms with Crippen LogP contribution in [0.25, 0.3) is 0 Å². The Morgan fingerprint density at radius 3 is 1.20 bits per heavy atom. The number of nitrogens with zero attached hydrogens (tertiary/aromatic N) is 2. The highest BCUT2D eigenvalue weighted by molar-refractivity contribution is 5.82. The van der Waals surface area contributed by atoms with Gasteiger partial charge in [-0.15, -0.1) is 0 Å². The highest BCUT2D eigenvalue weighted by atomic mass is 79.9. The molecule has 0 N–H and O–H groups in total. The molecule has 0 radical (unpaired) electrons. The van der Waals surface area contributed by atoms with E-state index < -0.39 is 5.97 Å². The van der Waals surface area contributed by atoms with Crippen LogP contribution in [0, 0.1) is 0 Å². The third-order valence-electron chi connectivity index (χ3n) is 4.29. The van der Waals surface area contributed by atoms with Gasteiger partial charge in [0.25, 0.3) is 0 Å². The molecular formula is C20H45BrN2O2. The smallest absolute Gasteiger partial charge is 0.0782 e. The SMILES string of the molecule is C=C(C)C(=O)[O-].CCCC[N+](C)(C)CC.CCCC[N+](C)(C)CC.[Br-]. The minimum atomic E-state index is -1.19. The predicted octanol–water partition coefficient (Wildman–Crippen LogP) is 0.0820. The highest BCUT2D eigenvalue weighted by Gasteiger charge is 2.09. The van der Waals surface area contributed by atoms with Crippen LogP contribution in [0.15, 0.2) is 12.2 Å². The lowest BCUT2D eigenvalue weighted by Crippen LogP contribution is -3.00. The first-order valence-electron chi connectivity index (χ1n) is 9.39. The fraction of sp³-hybridized carbons (Fsp3) is 0.850. The van der Waals surface area contributed by atoms with Crippen LogP contribution in [0.4, 0.5) is 0 Å². The maximum Gasteiger partial charge on any atom is 0.0782 e. The second-order valence-electron chi connectivity index (χ2n) is 7.73. The number of aliphatic carboxylic acids is 1. The first-order valence-corrected chi connectivity index (χ1v) is 9.39. The van der Waals surface area contributed by atoms with Gasteiger partial charge < -0.3 is 35.8 Å². The van der Waals surface area contributed by atoms with Crippen molar-refractivity contribution in [3.05, 3.63) is 12.2 Å². The van der Waals surface area contributed by atoms with E-state index in [1.54, 1.807) is 0 Å². The van der Waals surface area contributed by atoms with Gasteiger partial charge in [0.2, 0.25) is 0 Å². The van der Waals surface area contributed by atoms with E-state index in [0.717, 1.165) is 0 Å². The summed E-state index contributed by atoms with van der Waals surface area (Å²) in [4.78, 5) is 9.49. The van der Waals surface area contributed by atoms with Crippen molar-refractivity contribution in [1.29, 1.82) is 0 Å². The number of carboxylic acids is 1. The molecule has 0 fully saturated rings. The second-order valence-corrected chi connectivity index (χ2v) is 7.73. The molecule has 0 atom stereocenters. The number of hydrogen-bond donors (Lipinski definition) is 0. The van der Waals surface area contributed by atoms with Crippen LogP contribution < -0.4 is 22.1 Å². The molecule has 0 rings (SSSR count). The number of carbonyl (C=O) groups excluding carboxylic acids is 1. The van der Waals surface area contributed by atoms with Gasteiger partial charge in [0.1, 0.15) is 0 Å². The Morgan fingerprint density at radius 2 is 1.08 bits per heavy atom. The summed E-state index contributed by atoms with van der Waals surface area (Å²) in [7, 11) is 9.15. The minimum absolute atomic E-state index is 0. The van der Waals surface area contributed by atoms with Crippen LogP contribution in [0.5, 0.6) is 0 Å². The zero-order valence-corrected chi connectivity index (χ0v) is 20.0. The summed E-state index contributed by atoms with van der Waals surface area (Å²) in [6, 6.07) is 0. The van der Waals surface area contributed by atoms with Crippen LogP contribution in [-0.2, 0) is 4.79 Å². The molecule has 0 aliphatic rings. The summed E-state index contributed by atoms with van der Waals surface area (Å²) in [6.45, 7) is 18.6. The van der Waals surface area contributed by atoms with E-state index in [-0.39, 0.29) is 22.6 Å². The number of carboxylic acid groups (broad SMARTS) is 1. The van der Waals surface area contributed by atoms with Gasteiger partial charge in [-0.1, -0.05) is 33.3 Å².